The SMILES string of the molecule is C/C(=C\O)CNC1CCC(COc2cc(-n3c(C(F)F)nc4ccccc43)nc(N3CCOCC3)n2)CC1. The molecule has 3 heterocycles. The molecule has 0 amide bonds. The number of ether oxygens (including phenoxy) is 2. The van der Waals surface area contributed by atoms with Crippen molar-refractivity contribution in [2.24, 2.45) is 5.92 Å². The van der Waals surface area contributed by atoms with Crippen molar-refractivity contribution in [3.8, 4) is 11.7 Å². The summed E-state index contributed by atoms with van der Waals surface area (Å²) in [6, 6.07) is 9.09. The molecule has 11 heteroatoms. The van der Waals surface area contributed by atoms with E-state index in [-0.39, 0.29) is 5.82 Å². The third kappa shape index (κ3) is 6.05. The predicted molar refractivity (Wildman–Crippen MR) is 140 cm³/mol. The number of hydrogen-bond donors (Lipinski definition) is 2. The lowest BCUT2D eigenvalue weighted by atomic mass is 9.86. The number of anilines is 1. The number of nitrogens with zero attached hydrogens (tertiary/aromatic N) is 5. The summed E-state index contributed by atoms with van der Waals surface area (Å²) in [5.41, 5.74) is 1.94. The lowest BCUT2D eigenvalue weighted by Crippen LogP contribution is -2.37. The van der Waals surface area contributed by atoms with Crippen molar-refractivity contribution < 1.29 is 23.4 Å². The van der Waals surface area contributed by atoms with Crippen LogP contribution in [0.15, 0.2) is 42.2 Å². The summed E-state index contributed by atoms with van der Waals surface area (Å²) < 4.78 is 41.1. The molecule has 3 aromatic rings. The first-order chi connectivity index (χ1) is 18.5. The molecule has 0 spiro atoms. The van der Waals surface area contributed by atoms with Crippen LogP contribution in [0.1, 0.15) is 44.9 Å². The number of nitrogens with one attached hydrogen (secondary N) is 1. The Morgan fingerprint density at radius 2 is 1.92 bits per heavy atom. The minimum absolute atomic E-state index is 0.306. The number of para-hydroxylation sites is 2. The molecule has 1 saturated carbocycles. The Hall–Kier alpha value is -3.31. The number of aliphatic hydroxyl groups excluding tert-OH is 1. The van der Waals surface area contributed by atoms with E-state index >= 15 is 0 Å². The van der Waals surface area contributed by atoms with Crippen molar-refractivity contribution in [1.82, 2.24) is 24.8 Å². The van der Waals surface area contributed by atoms with Gasteiger partial charge in [-0.05, 0) is 56.2 Å². The largest absolute Gasteiger partial charge is 0.516 e. The smallest absolute Gasteiger partial charge is 0.296 e. The van der Waals surface area contributed by atoms with Crippen LogP contribution in [-0.4, -0.2) is 70.1 Å². The van der Waals surface area contributed by atoms with Crippen LogP contribution in [0.25, 0.3) is 16.9 Å². The first-order valence-electron chi connectivity index (χ1n) is 13.2. The van der Waals surface area contributed by atoms with Crippen LogP contribution in [0.2, 0.25) is 0 Å². The highest BCUT2D eigenvalue weighted by Gasteiger charge is 2.25. The Balaban J connectivity index is 1.36. The van der Waals surface area contributed by atoms with E-state index in [4.69, 9.17) is 14.6 Å². The van der Waals surface area contributed by atoms with E-state index in [1.165, 1.54) is 4.57 Å². The normalized spacial score (nSPS) is 20.8. The van der Waals surface area contributed by atoms with E-state index in [0.29, 0.717) is 80.1 Å². The number of alkyl halides is 2. The molecular formula is C27H34F2N6O3. The molecule has 0 bridgehead atoms. The highest BCUT2D eigenvalue weighted by molar-refractivity contribution is 5.78. The maximum absolute atomic E-state index is 14.0. The standard InChI is InChI=1S/C27H34F2N6O3/c1-18(16-36)15-30-20-8-6-19(7-9-20)17-38-24-14-23(32-27(33-24)34-10-12-37-13-11-34)35-22-5-3-2-4-21(22)31-26(35)25(28)29/h2-5,14,16,19-20,25,30,36H,6-13,15,17H2,1H3/b18-16+. The van der Waals surface area contributed by atoms with E-state index in [0.717, 1.165) is 37.5 Å². The van der Waals surface area contributed by atoms with Crippen LogP contribution in [0.4, 0.5) is 14.7 Å². The predicted octanol–water partition coefficient (Wildman–Crippen LogP) is 4.58. The number of imidazole rings is 1. The molecule has 38 heavy (non-hydrogen) atoms. The average molecular weight is 529 g/mol. The molecule has 0 atom stereocenters. The summed E-state index contributed by atoms with van der Waals surface area (Å²) in [5.74, 6) is 1.11. The van der Waals surface area contributed by atoms with Crippen LogP contribution in [0.5, 0.6) is 5.88 Å². The van der Waals surface area contributed by atoms with Gasteiger partial charge in [0.2, 0.25) is 11.8 Å². The Bertz CT molecular complexity index is 1250. The van der Waals surface area contributed by atoms with E-state index in [1.54, 1.807) is 30.3 Å². The van der Waals surface area contributed by atoms with Crippen LogP contribution < -0.4 is 15.0 Å². The van der Waals surface area contributed by atoms with Gasteiger partial charge in [-0.3, -0.25) is 4.57 Å². The summed E-state index contributed by atoms with van der Waals surface area (Å²) >= 11 is 0. The zero-order valence-electron chi connectivity index (χ0n) is 21.5. The lowest BCUT2D eigenvalue weighted by Gasteiger charge is -2.29. The molecule has 2 aromatic heterocycles. The number of morpholine rings is 1. The van der Waals surface area contributed by atoms with Gasteiger partial charge < -0.3 is 24.8 Å². The van der Waals surface area contributed by atoms with Gasteiger partial charge in [-0.25, -0.2) is 13.8 Å². The van der Waals surface area contributed by atoms with Gasteiger partial charge >= 0.3 is 0 Å². The Morgan fingerprint density at radius 1 is 1.16 bits per heavy atom. The van der Waals surface area contributed by atoms with Crippen molar-refractivity contribution in [3.05, 3.63) is 48.0 Å². The lowest BCUT2D eigenvalue weighted by molar-refractivity contribution is 0.122. The summed E-state index contributed by atoms with van der Waals surface area (Å²) in [7, 11) is 0. The second kappa shape index (κ2) is 12.0. The van der Waals surface area contributed by atoms with Gasteiger partial charge in [0.1, 0.15) is 5.82 Å². The van der Waals surface area contributed by atoms with E-state index in [1.807, 2.05) is 11.8 Å². The number of aromatic nitrogens is 4. The highest BCUT2D eigenvalue weighted by atomic mass is 19.3. The second-order valence-corrected chi connectivity index (χ2v) is 9.94. The topological polar surface area (TPSA) is 97.6 Å². The van der Waals surface area contributed by atoms with Crippen LogP contribution in [-0.2, 0) is 4.74 Å². The van der Waals surface area contributed by atoms with Crippen molar-refractivity contribution in [1.29, 1.82) is 0 Å². The van der Waals surface area contributed by atoms with Crippen LogP contribution >= 0.6 is 0 Å². The molecule has 1 aliphatic carbocycles. The third-order valence-electron chi connectivity index (χ3n) is 7.19. The molecule has 2 N–H and O–H groups in total. The molecule has 0 unspecified atom stereocenters. The Kier molecular flexibility index (Phi) is 8.33. The van der Waals surface area contributed by atoms with Crippen molar-refractivity contribution >= 4 is 17.0 Å². The average Bonchev–Trinajstić information content (AvgIpc) is 3.36. The minimum atomic E-state index is -2.77. The Labute approximate surface area is 220 Å². The van der Waals surface area contributed by atoms with Crippen molar-refractivity contribution in [3.63, 3.8) is 0 Å². The number of halogens is 2. The summed E-state index contributed by atoms with van der Waals surface area (Å²) in [6.45, 7) is 5.38. The Morgan fingerprint density at radius 3 is 2.66 bits per heavy atom. The number of benzene rings is 1. The molecule has 2 aliphatic rings. The van der Waals surface area contributed by atoms with Crippen LogP contribution in [0, 0.1) is 5.92 Å². The number of fused-ring (bicyclic) bond motifs is 1. The molecule has 204 valence electrons. The second-order valence-electron chi connectivity index (χ2n) is 9.94. The first-order valence-corrected chi connectivity index (χ1v) is 13.2. The van der Waals surface area contributed by atoms with Gasteiger partial charge in [0, 0.05) is 31.7 Å². The van der Waals surface area contributed by atoms with E-state index in [9.17, 15) is 8.78 Å². The molecule has 0 radical (unpaired) electrons. The fraction of sp³-hybridized carbons (Fsp3) is 0.519. The van der Waals surface area contributed by atoms with Gasteiger partial charge in [0.25, 0.3) is 6.43 Å². The number of aliphatic hydroxyl groups is 1. The van der Waals surface area contributed by atoms with Gasteiger partial charge in [0.15, 0.2) is 5.82 Å². The third-order valence-corrected chi connectivity index (χ3v) is 7.19. The zero-order chi connectivity index (χ0) is 26.5. The number of hydrogen-bond acceptors (Lipinski definition) is 8. The number of rotatable bonds is 9. The first kappa shape index (κ1) is 26.3. The molecule has 1 aliphatic heterocycles. The summed E-state index contributed by atoms with van der Waals surface area (Å²) in [4.78, 5) is 15.5. The van der Waals surface area contributed by atoms with E-state index < -0.39 is 6.43 Å². The molecule has 5 rings (SSSR count). The molecule has 2 fully saturated rings. The van der Waals surface area contributed by atoms with Gasteiger partial charge in [0.05, 0.1) is 37.1 Å². The molecule has 1 saturated heterocycles. The zero-order valence-corrected chi connectivity index (χ0v) is 21.5. The molecule has 9 nitrogen and oxygen atoms in total. The monoisotopic (exact) mass is 528 g/mol. The van der Waals surface area contributed by atoms with E-state index in [2.05, 4.69) is 20.3 Å². The van der Waals surface area contributed by atoms with Gasteiger partial charge in [-0.15, -0.1) is 0 Å². The van der Waals surface area contributed by atoms with Crippen molar-refractivity contribution in [2.75, 3.05) is 44.4 Å². The molecular weight excluding hydrogens is 494 g/mol. The molecule has 1 aromatic carbocycles. The van der Waals surface area contributed by atoms with Gasteiger partial charge in [-0.1, -0.05) is 12.1 Å². The highest BCUT2D eigenvalue weighted by Crippen LogP contribution is 2.30. The fourth-order valence-corrected chi connectivity index (χ4v) is 5.01. The van der Waals surface area contributed by atoms with Crippen molar-refractivity contribution in [2.45, 2.75) is 45.1 Å². The van der Waals surface area contributed by atoms with Gasteiger partial charge in [-0.2, -0.15) is 9.97 Å². The maximum atomic E-state index is 14.0. The van der Waals surface area contributed by atoms with Crippen LogP contribution in [0.3, 0.4) is 0 Å². The minimum Gasteiger partial charge on any atom is -0.516 e. The fourth-order valence-electron chi connectivity index (χ4n) is 5.01. The maximum Gasteiger partial charge on any atom is 0.296 e. The summed E-state index contributed by atoms with van der Waals surface area (Å²) in [6.07, 6.45) is 2.45. The quantitative estimate of drug-likeness (QED) is 0.390. The summed E-state index contributed by atoms with van der Waals surface area (Å²) in [5, 5.41) is 12.6.